The first-order valence-corrected chi connectivity index (χ1v) is 9.30. The van der Waals surface area contributed by atoms with Gasteiger partial charge in [-0.2, -0.15) is 0 Å². The van der Waals surface area contributed by atoms with Crippen molar-refractivity contribution in [1.82, 2.24) is 14.9 Å². The van der Waals surface area contributed by atoms with Crippen molar-refractivity contribution >= 4 is 39.4 Å². The average molecular weight is 402 g/mol. The highest BCUT2D eigenvalue weighted by Crippen LogP contribution is 2.30. The number of benzene rings is 2. The number of phenolic OH excluding ortho intramolecular Hbond substituents is 1. The maximum absolute atomic E-state index is 13.0. The Morgan fingerprint density at radius 2 is 1.87 bits per heavy atom. The Hall–Kier alpha value is -4.20. The molecule has 8 nitrogen and oxygen atoms in total. The SMILES string of the molecule is CCn1cc(C(=O)NC(=O)Nc2ccccc2)c(=O)c2cc(O)c3ncccc3c21. The van der Waals surface area contributed by atoms with Gasteiger partial charge in [0.15, 0.2) is 0 Å². The van der Waals surface area contributed by atoms with Crippen LogP contribution in [-0.4, -0.2) is 26.6 Å². The van der Waals surface area contributed by atoms with Gasteiger partial charge in [0.05, 0.1) is 10.9 Å². The lowest BCUT2D eigenvalue weighted by molar-refractivity contribution is 0.0965. The van der Waals surface area contributed by atoms with Gasteiger partial charge >= 0.3 is 6.03 Å². The Balaban J connectivity index is 1.77. The van der Waals surface area contributed by atoms with Crippen LogP contribution in [0, 0.1) is 0 Å². The Labute approximate surface area is 170 Å². The van der Waals surface area contributed by atoms with Gasteiger partial charge in [-0.1, -0.05) is 18.2 Å². The average Bonchev–Trinajstić information content (AvgIpc) is 2.75. The van der Waals surface area contributed by atoms with E-state index < -0.39 is 17.4 Å². The maximum atomic E-state index is 13.0. The van der Waals surface area contributed by atoms with Crippen LogP contribution >= 0.6 is 0 Å². The summed E-state index contributed by atoms with van der Waals surface area (Å²) in [4.78, 5) is 42.0. The minimum atomic E-state index is -0.830. The molecule has 2 aromatic heterocycles. The number of carbonyl (C=O) groups is 2. The molecular weight excluding hydrogens is 384 g/mol. The predicted molar refractivity (Wildman–Crippen MR) is 114 cm³/mol. The zero-order chi connectivity index (χ0) is 21.3. The number of aromatic hydroxyl groups is 1. The normalized spacial score (nSPS) is 10.8. The summed E-state index contributed by atoms with van der Waals surface area (Å²) in [6.45, 7) is 2.32. The summed E-state index contributed by atoms with van der Waals surface area (Å²) in [6, 6.07) is 12.6. The molecule has 0 bridgehead atoms. The molecule has 0 unspecified atom stereocenters. The second-order valence-electron chi connectivity index (χ2n) is 6.62. The van der Waals surface area contributed by atoms with Crippen molar-refractivity contribution in [2.24, 2.45) is 0 Å². The second kappa shape index (κ2) is 7.67. The summed E-state index contributed by atoms with van der Waals surface area (Å²) in [7, 11) is 0. The molecule has 0 saturated carbocycles. The Morgan fingerprint density at radius 3 is 2.60 bits per heavy atom. The van der Waals surface area contributed by atoms with Gasteiger partial charge in [0.2, 0.25) is 5.43 Å². The number of nitrogens with one attached hydrogen (secondary N) is 2. The fourth-order valence-corrected chi connectivity index (χ4v) is 3.39. The molecule has 30 heavy (non-hydrogen) atoms. The number of para-hydroxylation sites is 1. The van der Waals surface area contributed by atoms with Crippen molar-refractivity contribution in [3.8, 4) is 5.75 Å². The third-order valence-corrected chi connectivity index (χ3v) is 4.75. The topological polar surface area (TPSA) is 113 Å². The van der Waals surface area contributed by atoms with E-state index in [0.29, 0.717) is 28.7 Å². The zero-order valence-corrected chi connectivity index (χ0v) is 16.0. The number of urea groups is 1. The standard InChI is InChI=1S/C22H18N4O4/c1-2-26-12-16(21(29)25-22(30)24-13-7-4-3-5-8-13)20(28)15-11-17(27)18-14(19(15)26)9-6-10-23-18/h3-12,27H,2H2,1H3,(H2,24,25,29,30). The van der Waals surface area contributed by atoms with Crippen LogP contribution < -0.4 is 16.1 Å². The number of fused-ring (bicyclic) bond motifs is 3. The molecule has 8 heteroatoms. The van der Waals surface area contributed by atoms with E-state index in [1.807, 2.05) is 6.92 Å². The van der Waals surface area contributed by atoms with Crippen molar-refractivity contribution in [1.29, 1.82) is 0 Å². The molecule has 3 N–H and O–H groups in total. The van der Waals surface area contributed by atoms with Crippen molar-refractivity contribution in [2.75, 3.05) is 5.32 Å². The molecule has 4 rings (SSSR count). The third kappa shape index (κ3) is 3.35. The second-order valence-corrected chi connectivity index (χ2v) is 6.62. The van der Waals surface area contributed by atoms with E-state index in [1.165, 1.54) is 12.3 Å². The molecular formula is C22H18N4O4. The van der Waals surface area contributed by atoms with Crippen molar-refractivity contribution in [2.45, 2.75) is 13.5 Å². The number of carbonyl (C=O) groups excluding carboxylic acids is 2. The number of pyridine rings is 2. The zero-order valence-electron chi connectivity index (χ0n) is 16.0. The summed E-state index contributed by atoms with van der Waals surface area (Å²) < 4.78 is 1.73. The van der Waals surface area contributed by atoms with Crippen LogP contribution in [0.3, 0.4) is 0 Å². The Bertz CT molecular complexity index is 1350. The summed E-state index contributed by atoms with van der Waals surface area (Å²) in [5, 5.41) is 15.8. The van der Waals surface area contributed by atoms with E-state index in [1.54, 1.807) is 53.2 Å². The first kappa shape index (κ1) is 19.1. The largest absolute Gasteiger partial charge is 0.506 e. The number of anilines is 1. The van der Waals surface area contributed by atoms with E-state index in [0.717, 1.165) is 0 Å². The first-order chi connectivity index (χ1) is 14.5. The fraction of sp³-hybridized carbons (Fsp3) is 0.0909. The van der Waals surface area contributed by atoms with Gasteiger partial charge in [-0.05, 0) is 37.3 Å². The summed E-state index contributed by atoms with van der Waals surface area (Å²) in [5.41, 5.74) is 0.659. The van der Waals surface area contributed by atoms with E-state index in [9.17, 15) is 19.5 Å². The number of amides is 3. The first-order valence-electron chi connectivity index (χ1n) is 9.30. The Kier molecular flexibility index (Phi) is 4.89. The Morgan fingerprint density at radius 1 is 1.10 bits per heavy atom. The minimum absolute atomic E-state index is 0.155. The van der Waals surface area contributed by atoms with Gasteiger partial charge in [-0.3, -0.25) is 19.9 Å². The fourth-order valence-electron chi connectivity index (χ4n) is 3.39. The van der Waals surface area contributed by atoms with E-state index in [-0.39, 0.29) is 16.7 Å². The predicted octanol–water partition coefficient (Wildman–Crippen LogP) is 3.24. The summed E-state index contributed by atoms with van der Waals surface area (Å²) in [5.74, 6) is -0.986. The highest BCUT2D eigenvalue weighted by atomic mass is 16.3. The lowest BCUT2D eigenvalue weighted by atomic mass is 10.1. The molecule has 0 aliphatic carbocycles. The van der Waals surface area contributed by atoms with Gasteiger partial charge in [0, 0.05) is 30.0 Å². The molecule has 0 radical (unpaired) electrons. The van der Waals surface area contributed by atoms with Crippen molar-refractivity contribution < 1.29 is 14.7 Å². The van der Waals surface area contributed by atoms with Crippen molar-refractivity contribution in [3.63, 3.8) is 0 Å². The van der Waals surface area contributed by atoms with Gasteiger partial charge < -0.3 is 15.0 Å². The molecule has 4 aromatic rings. The third-order valence-electron chi connectivity index (χ3n) is 4.75. The van der Waals surface area contributed by atoms with Gasteiger partial charge in [0.1, 0.15) is 16.8 Å². The molecule has 0 aliphatic heterocycles. The molecule has 0 fully saturated rings. The lowest BCUT2D eigenvalue weighted by Crippen LogP contribution is -2.37. The van der Waals surface area contributed by atoms with Crippen LogP contribution in [0.4, 0.5) is 10.5 Å². The number of hydrogen-bond acceptors (Lipinski definition) is 5. The van der Waals surface area contributed by atoms with Gasteiger partial charge in [-0.15, -0.1) is 0 Å². The lowest BCUT2D eigenvalue weighted by Gasteiger charge is -2.14. The van der Waals surface area contributed by atoms with E-state index >= 15 is 0 Å². The highest BCUT2D eigenvalue weighted by Gasteiger charge is 2.20. The van der Waals surface area contributed by atoms with Crippen LogP contribution in [-0.2, 0) is 6.54 Å². The summed E-state index contributed by atoms with van der Waals surface area (Å²) in [6.07, 6.45) is 2.97. The number of rotatable bonds is 3. The smallest absolute Gasteiger partial charge is 0.326 e. The summed E-state index contributed by atoms with van der Waals surface area (Å²) >= 11 is 0. The van der Waals surface area contributed by atoms with Crippen molar-refractivity contribution in [3.05, 3.63) is 76.7 Å². The van der Waals surface area contributed by atoms with E-state index in [2.05, 4.69) is 15.6 Å². The van der Waals surface area contributed by atoms with Crippen LogP contribution in [0.15, 0.2) is 65.7 Å². The number of phenols is 1. The van der Waals surface area contributed by atoms with Crippen LogP contribution in [0.1, 0.15) is 17.3 Å². The number of imide groups is 1. The maximum Gasteiger partial charge on any atom is 0.326 e. The van der Waals surface area contributed by atoms with Crippen LogP contribution in [0.5, 0.6) is 5.75 Å². The number of nitrogens with zero attached hydrogens (tertiary/aromatic N) is 2. The quantitative estimate of drug-likeness (QED) is 0.455. The number of hydrogen-bond donors (Lipinski definition) is 3. The van der Waals surface area contributed by atoms with E-state index in [4.69, 9.17) is 0 Å². The van der Waals surface area contributed by atoms with Gasteiger partial charge in [-0.25, -0.2) is 4.79 Å². The minimum Gasteiger partial charge on any atom is -0.506 e. The molecule has 150 valence electrons. The molecule has 0 saturated heterocycles. The number of aromatic nitrogens is 2. The molecule has 3 amide bonds. The molecule has 2 aromatic carbocycles. The van der Waals surface area contributed by atoms with Gasteiger partial charge in [0.25, 0.3) is 5.91 Å². The molecule has 0 spiro atoms. The molecule has 0 aliphatic rings. The number of aryl methyl sites for hydroxylation is 1. The van der Waals surface area contributed by atoms with Crippen LogP contribution in [0.25, 0.3) is 21.8 Å². The molecule has 0 atom stereocenters. The molecule has 2 heterocycles. The monoisotopic (exact) mass is 402 g/mol. The highest BCUT2D eigenvalue weighted by molar-refractivity contribution is 6.11. The van der Waals surface area contributed by atoms with Crippen LogP contribution in [0.2, 0.25) is 0 Å².